The van der Waals surface area contributed by atoms with E-state index in [-0.39, 0.29) is 11.4 Å². The minimum atomic E-state index is -0.311. The summed E-state index contributed by atoms with van der Waals surface area (Å²) in [6.45, 7) is 2.91. The van der Waals surface area contributed by atoms with Crippen LogP contribution in [0.25, 0.3) is 0 Å². The zero-order valence-electron chi connectivity index (χ0n) is 9.86. The first-order chi connectivity index (χ1) is 8.71. The summed E-state index contributed by atoms with van der Waals surface area (Å²) in [6, 6.07) is 1.70. The van der Waals surface area contributed by atoms with Gasteiger partial charge in [0.05, 0.1) is 29.8 Å². The number of nitrogens with zero attached hydrogens (tertiary/aromatic N) is 1. The summed E-state index contributed by atoms with van der Waals surface area (Å²) in [7, 11) is 0. The lowest BCUT2D eigenvalue weighted by atomic mass is 9.95. The topological polar surface area (TPSA) is 51.9 Å². The predicted octanol–water partition coefficient (Wildman–Crippen LogP) is 1.67. The van der Waals surface area contributed by atoms with Crippen LogP contribution in [0.15, 0.2) is 21.2 Å². The molecule has 5 nitrogen and oxygen atoms in total. The fraction of sp³-hybridized carbons (Fsp3) is 0.583. The molecule has 1 amide bonds. The number of morpholine rings is 1. The molecular formula is C12H14BrNO4. The third-order valence-corrected chi connectivity index (χ3v) is 3.92. The SMILES string of the molecule is O=C(c1cc(Br)co1)N1CCOCC12CCOC2. The normalized spacial score (nSPS) is 27.9. The van der Waals surface area contributed by atoms with Gasteiger partial charge >= 0.3 is 0 Å². The molecule has 1 aromatic rings. The van der Waals surface area contributed by atoms with E-state index in [0.717, 1.165) is 10.9 Å². The van der Waals surface area contributed by atoms with Crippen LogP contribution in [0.3, 0.4) is 0 Å². The standard InChI is InChI=1S/C12H14BrNO4/c13-9-5-10(18-6-9)11(15)14-2-4-17-8-12(14)1-3-16-7-12/h5-6H,1-4,7-8H2. The van der Waals surface area contributed by atoms with Gasteiger partial charge in [0.1, 0.15) is 6.26 Å². The second-order valence-corrected chi connectivity index (χ2v) is 5.58. The Bertz CT molecular complexity index is 453. The first kappa shape index (κ1) is 12.2. The maximum Gasteiger partial charge on any atom is 0.290 e. The minimum absolute atomic E-state index is 0.0884. The van der Waals surface area contributed by atoms with E-state index in [1.807, 2.05) is 4.90 Å². The molecule has 0 aromatic carbocycles. The van der Waals surface area contributed by atoms with Crippen LogP contribution in [0.1, 0.15) is 17.0 Å². The molecule has 0 saturated carbocycles. The highest BCUT2D eigenvalue weighted by Crippen LogP contribution is 2.31. The number of furan rings is 1. The number of rotatable bonds is 1. The van der Waals surface area contributed by atoms with Crippen molar-refractivity contribution in [2.75, 3.05) is 33.0 Å². The van der Waals surface area contributed by atoms with E-state index in [9.17, 15) is 4.79 Å². The van der Waals surface area contributed by atoms with Gasteiger partial charge in [0.25, 0.3) is 5.91 Å². The molecule has 3 heterocycles. The number of amides is 1. The van der Waals surface area contributed by atoms with Crippen molar-refractivity contribution in [3.05, 3.63) is 22.6 Å². The number of halogens is 1. The molecule has 6 heteroatoms. The Morgan fingerprint density at radius 3 is 2.78 bits per heavy atom. The van der Waals surface area contributed by atoms with Gasteiger partial charge in [0.2, 0.25) is 0 Å². The van der Waals surface area contributed by atoms with Crippen LogP contribution >= 0.6 is 15.9 Å². The molecule has 0 bridgehead atoms. The van der Waals surface area contributed by atoms with Crippen LogP contribution in [-0.2, 0) is 9.47 Å². The molecule has 18 heavy (non-hydrogen) atoms. The largest absolute Gasteiger partial charge is 0.458 e. The molecule has 1 aromatic heterocycles. The zero-order chi connectivity index (χ0) is 12.6. The van der Waals surface area contributed by atoms with E-state index in [1.165, 1.54) is 6.26 Å². The van der Waals surface area contributed by atoms with Crippen molar-refractivity contribution in [2.24, 2.45) is 0 Å². The fourth-order valence-electron chi connectivity index (χ4n) is 2.53. The average molecular weight is 316 g/mol. The monoisotopic (exact) mass is 315 g/mol. The van der Waals surface area contributed by atoms with E-state index >= 15 is 0 Å². The van der Waals surface area contributed by atoms with Crippen LogP contribution in [-0.4, -0.2) is 49.3 Å². The summed E-state index contributed by atoms with van der Waals surface area (Å²) in [5.41, 5.74) is -0.311. The molecule has 2 aliphatic rings. The predicted molar refractivity (Wildman–Crippen MR) is 66.4 cm³/mol. The average Bonchev–Trinajstić information content (AvgIpc) is 2.99. The summed E-state index contributed by atoms with van der Waals surface area (Å²) in [4.78, 5) is 14.3. The molecule has 3 rings (SSSR count). The quantitative estimate of drug-likeness (QED) is 0.791. The van der Waals surface area contributed by atoms with Crippen molar-refractivity contribution in [3.63, 3.8) is 0 Å². The van der Waals surface area contributed by atoms with Gasteiger partial charge in [-0.1, -0.05) is 0 Å². The first-order valence-electron chi connectivity index (χ1n) is 5.93. The van der Waals surface area contributed by atoms with E-state index in [0.29, 0.717) is 38.7 Å². The molecule has 1 atom stereocenters. The molecule has 2 saturated heterocycles. The third kappa shape index (κ3) is 1.98. The molecule has 0 aliphatic carbocycles. The van der Waals surface area contributed by atoms with Gasteiger partial charge < -0.3 is 18.8 Å². The Morgan fingerprint density at radius 1 is 1.33 bits per heavy atom. The van der Waals surface area contributed by atoms with Crippen LogP contribution < -0.4 is 0 Å². The summed E-state index contributed by atoms with van der Waals surface area (Å²) in [5, 5.41) is 0. The van der Waals surface area contributed by atoms with E-state index in [2.05, 4.69) is 15.9 Å². The van der Waals surface area contributed by atoms with Gasteiger partial charge in [-0.3, -0.25) is 4.79 Å². The van der Waals surface area contributed by atoms with Gasteiger partial charge in [-0.25, -0.2) is 0 Å². The first-order valence-corrected chi connectivity index (χ1v) is 6.72. The molecule has 98 valence electrons. The maximum absolute atomic E-state index is 12.5. The van der Waals surface area contributed by atoms with Crippen LogP contribution in [0.4, 0.5) is 0 Å². The molecule has 2 fully saturated rings. The van der Waals surface area contributed by atoms with Gasteiger partial charge in [-0.05, 0) is 22.4 Å². The van der Waals surface area contributed by atoms with Crippen LogP contribution in [0, 0.1) is 0 Å². The van der Waals surface area contributed by atoms with Gasteiger partial charge in [0.15, 0.2) is 5.76 Å². The third-order valence-electron chi connectivity index (χ3n) is 3.51. The number of hydrogen-bond donors (Lipinski definition) is 0. The molecule has 2 aliphatic heterocycles. The van der Waals surface area contributed by atoms with Crippen molar-refractivity contribution >= 4 is 21.8 Å². The molecule has 1 unspecified atom stereocenters. The summed E-state index contributed by atoms with van der Waals surface area (Å²) < 4.78 is 17.0. The lowest BCUT2D eigenvalue weighted by Gasteiger charge is -2.43. The van der Waals surface area contributed by atoms with Crippen LogP contribution in [0.5, 0.6) is 0 Å². The van der Waals surface area contributed by atoms with Gasteiger partial charge in [-0.2, -0.15) is 0 Å². The second kappa shape index (κ2) is 4.68. The van der Waals surface area contributed by atoms with Gasteiger partial charge in [-0.15, -0.1) is 0 Å². The molecular weight excluding hydrogens is 302 g/mol. The summed E-state index contributed by atoms with van der Waals surface area (Å²) in [5.74, 6) is 0.268. The van der Waals surface area contributed by atoms with Crippen molar-refractivity contribution in [3.8, 4) is 0 Å². The van der Waals surface area contributed by atoms with E-state index in [4.69, 9.17) is 13.9 Å². The van der Waals surface area contributed by atoms with E-state index < -0.39 is 0 Å². The number of ether oxygens (including phenoxy) is 2. The number of hydrogen-bond acceptors (Lipinski definition) is 4. The summed E-state index contributed by atoms with van der Waals surface area (Å²) >= 11 is 3.29. The lowest BCUT2D eigenvalue weighted by molar-refractivity contribution is -0.0561. The Hall–Kier alpha value is -0.850. The smallest absolute Gasteiger partial charge is 0.290 e. The zero-order valence-corrected chi connectivity index (χ0v) is 11.4. The Kier molecular flexibility index (Phi) is 3.17. The lowest BCUT2D eigenvalue weighted by Crippen LogP contribution is -2.59. The molecule has 1 spiro atoms. The summed E-state index contributed by atoms with van der Waals surface area (Å²) in [6.07, 6.45) is 2.34. The van der Waals surface area contributed by atoms with E-state index in [1.54, 1.807) is 6.07 Å². The Labute approximate surface area is 113 Å². The molecule has 0 radical (unpaired) electrons. The highest BCUT2D eigenvalue weighted by molar-refractivity contribution is 9.10. The van der Waals surface area contributed by atoms with Crippen molar-refractivity contribution in [2.45, 2.75) is 12.0 Å². The number of carbonyl (C=O) groups is 1. The van der Waals surface area contributed by atoms with Gasteiger partial charge in [0, 0.05) is 19.2 Å². The highest BCUT2D eigenvalue weighted by atomic mass is 79.9. The Balaban J connectivity index is 1.86. The molecule has 0 N–H and O–H groups in total. The fourth-order valence-corrected chi connectivity index (χ4v) is 2.83. The maximum atomic E-state index is 12.5. The Morgan fingerprint density at radius 2 is 2.11 bits per heavy atom. The highest BCUT2D eigenvalue weighted by Gasteiger charge is 2.46. The minimum Gasteiger partial charge on any atom is -0.458 e. The second-order valence-electron chi connectivity index (χ2n) is 4.67. The van der Waals surface area contributed by atoms with Crippen molar-refractivity contribution in [1.82, 2.24) is 4.90 Å². The number of carbonyl (C=O) groups excluding carboxylic acids is 1. The van der Waals surface area contributed by atoms with Crippen LogP contribution in [0.2, 0.25) is 0 Å². The van der Waals surface area contributed by atoms with Crippen molar-refractivity contribution in [1.29, 1.82) is 0 Å². The van der Waals surface area contributed by atoms with Crippen molar-refractivity contribution < 1.29 is 18.7 Å².